The van der Waals surface area contributed by atoms with Crippen molar-refractivity contribution in [1.29, 1.82) is 0 Å². The smallest absolute Gasteiger partial charge is 0.118 e. The van der Waals surface area contributed by atoms with Gasteiger partial charge in [-0.2, -0.15) is 0 Å². The standard InChI is InChI=1S/C16H18N2OS/c1-18(11-12-7-9-13(19-2)10-8-12)15-6-4-3-5-14(15)16(17)20/h3-10H,11H2,1-2H3,(H2,17,20). The van der Waals surface area contributed by atoms with Crippen LogP contribution >= 0.6 is 12.2 Å². The van der Waals surface area contributed by atoms with E-state index in [9.17, 15) is 0 Å². The zero-order valence-corrected chi connectivity index (χ0v) is 12.5. The summed E-state index contributed by atoms with van der Waals surface area (Å²) < 4.78 is 5.16. The average Bonchev–Trinajstić information content (AvgIpc) is 2.48. The molecular formula is C16H18N2OS. The van der Waals surface area contributed by atoms with E-state index in [0.29, 0.717) is 4.99 Å². The Balaban J connectivity index is 2.19. The second-order valence-corrected chi connectivity index (χ2v) is 5.03. The molecule has 2 rings (SSSR count). The molecule has 104 valence electrons. The molecule has 0 saturated heterocycles. The summed E-state index contributed by atoms with van der Waals surface area (Å²) in [5.41, 5.74) is 8.91. The van der Waals surface area contributed by atoms with Crippen molar-refractivity contribution in [1.82, 2.24) is 0 Å². The molecular weight excluding hydrogens is 268 g/mol. The summed E-state index contributed by atoms with van der Waals surface area (Å²) in [4.78, 5) is 2.55. The van der Waals surface area contributed by atoms with Crippen molar-refractivity contribution in [3.63, 3.8) is 0 Å². The van der Waals surface area contributed by atoms with E-state index in [4.69, 9.17) is 22.7 Å². The van der Waals surface area contributed by atoms with Gasteiger partial charge >= 0.3 is 0 Å². The number of nitrogens with zero attached hydrogens (tertiary/aromatic N) is 1. The van der Waals surface area contributed by atoms with Crippen molar-refractivity contribution >= 4 is 22.9 Å². The van der Waals surface area contributed by atoms with E-state index in [2.05, 4.69) is 17.0 Å². The van der Waals surface area contributed by atoms with Crippen molar-refractivity contribution < 1.29 is 4.74 Å². The molecule has 0 aliphatic rings. The number of anilines is 1. The third-order valence-electron chi connectivity index (χ3n) is 3.16. The number of methoxy groups -OCH3 is 1. The average molecular weight is 286 g/mol. The van der Waals surface area contributed by atoms with Gasteiger partial charge in [-0.15, -0.1) is 0 Å². The molecule has 0 saturated carbocycles. The highest BCUT2D eigenvalue weighted by molar-refractivity contribution is 7.80. The van der Waals surface area contributed by atoms with E-state index in [0.717, 1.165) is 23.5 Å². The van der Waals surface area contributed by atoms with Gasteiger partial charge in [-0.3, -0.25) is 0 Å². The third kappa shape index (κ3) is 3.27. The number of ether oxygens (including phenoxy) is 1. The van der Waals surface area contributed by atoms with Gasteiger partial charge in [0.15, 0.2) is 0 Å². The van der Waals surface area contributed by atoms with Crippen LogP contribution in [0.5, 0.6) is 5.75 Å². The molecule has 0 amide bonds. The molecule has 3 nitrogen and oxygen atoms in total. The predicted octanol–water partition coefficient (Wildman–Crippen LogP) is 2.97. The van der Waals surface area contributed by atoms with Gasteiger partial charge in [0.25, 0.3) is 0 Å². The molecule has 2 N–H and O–H groups in total. The van der Waals surface area contributed by atoms with E-state index >= 15 is 0 Å². The van der Waals surface area contributed by atoms with Gasteiger partial charge in [0.1, 0.15) is 10.7 Å². The highest BCUT2D eigenvalue weighted by Crippen LogP contribution is 2.21. The summed E-state index contributed by atoms with van der Waals surface area (Å²) in [5, 5.41) is 0. The summed E-state index contributed by atoms with van der Waals surface area (Å²) in [6.07, 6.45) is 0. The zero-order valence-electron chi connectivity index (χ0n) is 11.7. The molecule has 0 aliphatic carbocycles. The molecule has 2 aromatic carbocycles. The van der Waals surface area contributed by atoms with Crippen molar-refractivity contribution in [2.75, 3.05) is 19.1 Å². The van der Waals surface area contributed by atoms with Crippen LogP contribution in [0.15, 0.2) is 48.5 Å². The number of nitrogens with two attached hydrogens (primary N) is 1. The second kappa shape index (κ2) is 6.39. The lowest BCUT2D eigenvalue weighted by atomic mass is 10.1. The van der Waals surface area contributed by atoms with Gasteiger partial charge in [0.05, 0.1) is 7.11 Å². The third-order valence-corrected chi connectivity index (χ3v) is 3.38. The van der Waals surface area contributed by atoms with Crippen LogP contribution in [0.2, 0.25) is 0 Å². The monoisotopic (exact) mass is 286 g/mol. The fourth-order valence-corrected chi connectivity index (χ4v) is 2.28. The highest BCUT2D eigenvalue weighted by atomic mass is 32.1. The normalized spacial score (nSPS) is 10.1. The minimum Gasteiger partial charge on any atom is -0.497 e. The molecule has 20 heavy (non-hydrogen) atoms. The molecule has 0 atom stereocenters. The molecule has 2 aromatic rings. The number of rotatable bonds is 5. The van der Waals surface area contributed by atoms with Crippen LogP contribution in [0.1, 0.15) is 11.1 Å². The highest BCUT2D eigenvalue weighted by Gasteiger charge is 2.09. The van der Waals surface area contributed by atoms with Gasteiger partial charge < -0.3 is 15.4 Å². The molecule has 0 aromatic heterocycles. The largest absolute Gasteiger partial charge is 0.497 e. The Morgan fingerprint density at radius 1 is 1.15 bits per heavy atom. The fourth-order valence-electron chi connectivity index (χ4n) is 2.10. The second-order valence-electron chi connectivity index (χ2n) is 4.59. The molecule has 0 heterocycles. The summed E-state index contributed by atoms with van der Waals surface area (Å²) in [6.45, 7) is 0.781. The molecule has 0 radical (unpaired) electrons. The lowest BCUT2D eigenvalue weighted by molar-refractivity contribution is 0.414. The first kappa shape index (κ1) is 14.3. The number of benzene rings is 2. The lowest BCUT2D eigenvalue weighted by Gasteiger charge is -2.22. The van der Waals surface area contributed by atoms with Gasteiger partial charge in [-0.25, -0.2) is 0 Å². The van der Waals surface area contributed by atoms with Gasteiger partial charge in [0.2, 0.25) is 0 Å². The Kier molecular flexibility index (Phi) is 4.58. The van der Waals surface area contributed by atoms with Crippen LogP contribution in [0.4, 0.5) is 5.69 Å². The molecule has 0 fully saturated rings. The van der Waals surface area contributed by atoms with E-state index in [1.54, 1.807) is 7.11 Å². The van der Waals surface area contributed by atoms with Gasteiger partial charge in [-0.05, 0) is 29.8 Å². The van der Waals surface area contributed by atoms with E-state index < -0.39 is 0 Å². The summed E-state index contributed by atoms with van der Waals surface area (Å²) in [7, 11) is 3.70. The van der Waals surface area contributed by atoms with Crippen molar-refractivity contribution in [3.05, 3.63) is 59.7 Å². The van der Waals surface area contributed by atoms with E-state index in [-0.39, 0.29) is 0 Å². The summed E-state index contributed by atoms with van der Waals surface area (Å²) in [6, 6.07) is 15.9. The maximum atomic E-state index is 5.77. The summed E-state index contributed by atoms with van der Waals surface area (Å²) in [5.74, 6) is 0.861. The first-order valence-electron chi connectivity index (χ1n) is 6.34. The fraction of sp³-hybridized carbons (Fsp3) is 0.188. The van der Waals surface area contributed by atoms with Crippen LogP contribution < -0.4 is 15.4 Å². The first-order chi connectivity index (χ1) is 9.61. The van der Waals surface area contributed by atoms with Gasteiger partial charge in [0, 0.05) is 24.8 Å². The molecule has 4 heteroatoms. The first-order valence-corrected chi connectivity index (χ1v) is 6.75. The topological polar surface area (TPSA) is 38.5 Å². The van der Waals surface area contributed by atoms with Crippen LogP contribution in [0, 0.1) is 0 Å². The Hall–Kier alpha value is -2.07. The minimum absolute atomic E-state index is 0.419. The van der Waals surface area contributed by atoms with Crippen LogP contribution in [-0.2, 0) is 6.54 Å². The van der Waals surface area contributed by atoms with E-state index in [1.165, 1.54) is 5.56 Å². The van der Waals surface area contributed by atoms with Crippen molar-refractivity contribution in [2.24, 2.45) is 5.73 Å². The SMILES string of the molecule is COc1ccc(CN(C)c2ccccc2C(N)=S)cc1. The quantitative estimate of drug-likeness (QED) is 0.858. The predicted molar refractivity (Wildman–Crippen MR) is 87.4 cm³/mol. The van der Waals surface area contributed by atoms with Crippen LogP contribution in [-0.4, -0.2) is 19.1 Å². The molecule has 0 spiro atoms. The zero-order chi connectivity index (χ0) is 14.5. The number of hydrogen-bond acceptors (Lipinski definition) is 3. The number of hydrogen-bond donors (Lipinski definition) is 1. The number of para-hydroxylation sites is 1. The maximum absolute atomic E-state index is 5.77. The molecule has 0 unspecified atom stereocenters. The number of thiocarbonyl (C=S) groups is 1. The van der Waals surface area contributed by atoms with Crippen LogP contribution in [0.25, 0.3) is 0 Å². The Labute approximate surface area is 125 Å². The summed E-state index contributed by atoms with van der Waals surface area (Å²) >= 11 is 5.10. The lowest BCUT2D eigenvalue weighted by Crippen LogP contribution is -2.21. The minimum atomic E-state index is 0.419. The maximum Gasteiger partial charge on any atom is 0.118 e. The molecule has 0 aliphatic heterocycles. The Bertz CT molecular complexity index is 596. The van der Waals surface area contributed by atoms with Crippen molar-refractivity contribution in [2.45, 2.75) is 6.54 Å². The Morgan fingerprint density at radius 2 is 1.80 bits per heavy atom. The Morgan fingerprint density at radius 3 is 2.40 bits per heavy atom. The van der Waals surface area contributed by atoms with Crippen molar-refractivity contribution in [3.8, 4) is 5.75 Å². The van der Waals surface area contributed by atoms with E-state index in [1.807, 2.05) is 43.4 Å². The van der Waals surface area contributed by atoms with Crippen LogP contribution in [0.3, 0.4) is 0 Å². The molecule has 0 bridgehead atoms. The van der Waals surface area contributed by atoms with Gasteiger partial charge in [-0.1, -0.05) is 36.5 Å².